The summed E-state index contributed by atoms with van der Waals surface area (Å²) in [6.45, 7) is 4.04. The smallest absolute Gasteiger partial charge is 0.223 e. The monoisotopic (exact) mass is 185 g/mol. The molecule has 0 aliphatic heterocycles. The van der Waals surface area contributed by atoms with E-state index in [-0.39, 0.29) is 24.5 Å². The summed E-state index contributed by atoms with van der Waals surface area (Å²) in [5.74, 6) is 0.640. The first kappa shape index (κ1) is 10.5. The predicted octanol–water partition coefficient (Wildman–Crippen LogP) is 0.920. The van der Waals surface area contributed by atoms with Gasteiger partial charge in [-0.15, -0.1) is 0 Å². The number of hydrogen-bond acceptors (Lipinski definition) is 2. The van der Waals surface area contributed by atoms with Crippen molar-refractivity contribution in [3.05, 3.63) is 0 Å². The van der Waals surface area contributed by atoms with E-state index in [0.717, 1.165) is 12.8 Å². The van der Waals surface area contributed by atoms with Gasteiger partial charge in [-0.05, 0) is 18.8 Å². The third-order valence-electron chi connectivity index (χ3n) is 2.81. The van der Waals surface area contributed by atoms with Crippen LogP contribution in [-0.2, 0) is 4.79 Å². The quantitative estimate of drug-likeness (QED) is 0.684. The first-order valence-corrected chi connectivity index (χ1v) is 5.06. The maximum Gasteiger partial charge on any atom is 0.223 e. The van der Waals surface area contributed by atoms with Gasteiger partial charge in [0, 0.05) is 5.92 Å². The SMILES string of the molecule is CC(C)[C@@H](CO)NC(=O)C1CCC1. The fourth-order valence-corrected chi connectivity index (χ4v) is 1.39. The number of rotatable bonds is 4. The van der Waals surface area contributed by atoms with Crippen LogP contribution >= 0.6 is 0 Å². The molecule has 1 aliphatic rings. The molecule has 1 saturated carbocycles. The van der Waals surface area contributed by atoms with Gasteiger partial charge >= 0.3 is 0 Å². The highest BCUT2D eigenvalue weighted by Gasteiger charge is 2.27. The Morgan fingerprint density at radius 1 is 1.54 bits per heavy atom. The van der Waals surface area contributed by atoms with Crippen molar-refractivity contribution in [2.24, 2.45) is 11.8 Å². The summed E-state index contributed by atoms with van der Waals surface area (Å²) in [7, 11) is 0. The maximum absolute atomic E-state index is 11.5. The van der Waals surface area contributed by atoms with Crippen molar-refractivity contribution in [3.63, 3.8) is 0 Å². The van der Waals surface area contributed by atoms with Crippen molar-refractivity contribution >= 4 is 5.91 Å². The highest BCUT2D eigenvalue weighted by Crippen LogP contribution is 2.26. The minimum Gasteiger partial charge on any atom is -0.394 e. The van der Waals surface area contributed by atoms with Crippen LogP contribution in [-0.4, -0.2) is 23.7 Å². The molecule has 1 rings (SSSR count). The topological polar surface area (TPSA) is 49.3 Å². The van der Waals surface area contributed by atoms with Crippen LogP contribution in [0.3, 0.4) is 0 Å². The first-order valence-electron chi connectivity index (χ1n) is 5.06. The number of amides is 1. The van der Waals surface area contributed by atoms with Gasteiger partial charge in [0.15, 0.2) is 0 Å². The molecule has 0 saturated heterocycles. The average molecular weight is 185 g/mol. The molecule has 1 atom stereocenters. The Bertz CT molecular complexity index is 176. The van der Waals surface area contributed by atoms with E-state index in [4.69, 9.17) is 5.11 Å². The van der Waals surface area contributed by atoms with Crippen molar-refractivity contribution in [2.45, 2.75) is 39.2 Å². The third kappa shape index (κ3) is 2.69. The molecule has 2 N–H and O–H groups in total. The van der Waals surface area contributed by atoms with Crippen LogP contribution < -0.4 is 5.32 Å². The summed E-state index contributed by atoms with van der Waals surface area (Å²) in [6.07, 6.45) is 3.20. The Hall–Kier alpha value is -0.570. The lowest BCUT2D eigenvalue weighted by Crippen LogP contribution is -2.45. The standard InChI is InChI=1S/C10H19NO2/c1-7(2)9(6-12)11-10(13)8-4-3-5-8/h7-9,12H,3-6H2,1-2H3,(H,11,13)/t9-/m1/s1. The average Bonchev–Trinajstić information content (AvgIpc) is 1.96. The lowest BCUT2D eigenvalue weighted by molar-refractivity contribution is -0.128. The summed E-state index contributed by atoms with van der Waals surface area (Å²) in [5.41, 5.74) is 0. The van der Waals surface area contributed by atoms with Gasteiger partial charge in [0.05, 0.1) is 12.6 Å². The van der Waals surface area contributed by atoms with Crippen molar-refractivity contribution in [2.75, 3.05) is 6.61 Å². The number of aliphatic hydroxyl groups is 1. The van der Waals surface area contributed by atoms with Crippen molar-refractivity contribution in [1.29, 1.82) is 0 Å². The Morgan fingerprint density at radius 2 is 2.15 bits per heavy atom. The van der Waals surface area contributed by atoms with Gasteiger partial charge in [0.2, 0.25) is 5.91 Å². The van der Waals surface area contributed by atoms with Gasteiger partial charge in [-0.3, -0.25) is 4.79 Å². The van der Waals surface area contributed by atoms with Gasteiger partial charge < -0.3 is 10.4 Å². The Morgan fingerprint density at radius 3 is 2.46 bits per heavy atom. The lowest BCUT2D eigenvalue weighted by Gasteiger charge is -2.28. The second-order valence-corrected chi connectivity index (χ2v) is 4.17. The molecule has 0 spiro atoms. The fraction of sp³-hybridized carbons (Fsp3) is 0.900. The Kier molecular flexibility index (Phi) is 3.72. The second kappa shape index (κ2) is 4.61. The Labute approximate surface area is 79.5 Å². The van der Waals surface area contributed by atoms with Crippen molar-refractivity contribution < 1.29 is 9.90 Å². The molecule has 0 aromatic heterocycles. The summed E-state index contributed by atoms with van der Waals surface area (Å²) in [6, 6.07) is -0.0758. The van der Waals surface area contributed by atoms with Crippen molar-refractivity contribution in [3.8, 4) is 0 Å². The largest absolute Gasteiger partial charge is 0.394 e. The number of aliphatic hydroxyl groups excluding tert-OH is 1. The number of carbonyl (C=O) groups is 1. The van der Waals surface area contributed by atoms with Crippen LogP contribution in [0.2, 0.25) is 0 Å². The predicted molar refractivity (Wildman–Crippen MR) is 51.2 cm³/mol. The van der Waals surface area contributed by atoms with E-state index in [2.05, 4.69) is 5.32 Å². The molecule has 3 heteroatoms. The van der Waals surface area contributed by atoms with E-state index in [1.54, 1.807) is 0 Å². The number of carbonyl (C=O) groups excluding carboxylic acids is 1. The molecule has 0 aromatic carbocycles. The fourth-order valence-electron chi connectivity index (χ4n) is 1.39. The molecule has 0 aromatic rings. The van der Waals surface area contributed by atoms with Crippen LogP contribution in [0.1, 0.15) is 33.1 Å². The molecule has 0 heterocycles. The van der Waals surface area contributed by atoms with Gasteiger partial charge in [0.1, 0.15) is 0 Å². The van der Waals surface area contributed by atoms with Gasteiger partial charge in [0.25, 0.3) is 0 Å². The van der Waals surface area contributed by atoms with E-state index >= 15 is 0 Å². The highest BCUT2D eigenvalue weighted by molar-refractivity contribution is 5.79. The zero-order valence-corrected chi connectivity index (χ0v) is 8.42. The van der Waals surface area contributed by atoms with Crippen LogP contribution in [0.15, 0.2) is 0 Å². The molecule has 0 unspecified atom stereocenters. The summed E-state index contributed by atoms with van der Waals surface area (Å²) in [4.78, 5) is 11.5. The van der Waals surface area contributed by atoms with Crippen LogP contribution in [0.4, 0.5) is 0 Å². The third-order valence-corrected chi connectivity index (χ3v) is 2.81. The van der Waals surface area contributed by atoms with E-state index in [9.17, 15) is 4.79 Å². The number of nitrogens with one attached hydrogen (secondary N) is 1. The molecule has 76 valence electrons. The van der Waals surface area contributed by atoms with Gasteiger partial charge in [-0.2, -0.15) is 0 Å². The summed E-state index contributed by atoms with van der Waals surface area (Å²) < 4.78 is 0. The van der Waals surface area contributed by atoms with Crippen LogP contribution in [0.5, 0.6) is 0 Å². The zero-order chi connectivity index (χ0) is 9.84. The molecule has 0 radical (unpaired) electrons. The molecule has 13 heavy (non-hydrogen) atoms. The number of hydrogen-bond donors (Lipinski definition) is 2. The molecule has 1 amide bonds. The second-order valence-electron chi connectivity index (χ2n) is 4.17. The maximum atomic E-state index is 11.5. The minimum absolute atomic E-state index is 0.0378. The van der Waals surface area contributed by atoms with E-state index < -0.39 is 0 Å². The minimum atomic E-state index is -0.0758. The lowest BCUT2D eigenvalue weighted by atomic mass is 9.84. The molecule has 1 fully saturated rings. The normalized spacial score (nSPS) is 19.7. The Balaban J connectivity index is 2.31. The van der Waals surface area contributed by atoms with Gasteiger partial charge in [-0.1, -0.05) is 20.3 Å². The summed E-state index contributed by atoms with van der Waals surface area (Å²) in [5, 5.41) is 11.9. The van der Waals surface area contributed by atoms with E-state index in [1.165, 1.54) is 6.42 Å². The molecule has 3 nitrogen and oxygen atoms in total. The van der Waals surface area contributed by atoms with Crippen LogP contribution in [0.25, 0.3) is 0 Å². The first-order chi connectivity index (χ1) is 6.15. The zero-order valence-electron chi connectivity index (χ0n) is 8.42. The highest BCUT2D eigenvalue weighted by atomic mass is 16.3. The van der Waals surface area contributed by atoms with E-state index in [1.807, 2.05) is 13.8 Å². The molecular formula is C10H19NO2. The molecular weight excluding hydrogens is 166 g/mol. The summed E-state index contributed by atoms with van der Waals surface area (Å²) >= 11 is 0. The van der Waals surface area contributed by atoms with Crippen LogP contribution in [0, 0.1) is 11.8 Å². The van der Waals surface area contributed by atoms with Gasteiger partial charge in [-0.25, -0.2) is 0 Å². The molecule has 0 bridgehead atoms. The molecule has 1 aliphatic carbocycles. The van der Waals surface area contributed by atoms with Crippen molar-refractivity contribution in [1.82, 2.24) is 5.32 Å². The van der Waals surface area contributed by atoms with E-state index in [0.29, 0.717) is 5.92 Å².